The lowest BCUT2D eigenvalue weighted by atomic mass is 10.1. The summed E-state index contributed by atoms with van der Waals surface area (Å²) in [6.45, 7) is 1.93. The van der Waals surface area contributed by atoms with E-state index < -0.39 is 11.9 Å². The molecular formula is C23H26F2N6O4. The number of nitrogen functional groups attached to an aromatic ring is 1. The van der Waals surface area contributed by atoms with Gasteiger partial charge in [0.2, 0.25) is 0 Å². The Kier molecular flexibility index (Phi) is 12.3. The van der Waals surface area contributed by atoms with E-state index in [-0.39, 0.29) is 29.6 Å². The summed E-state index contributed by atoms with van der Waals surface area (Å²) in [5, 5.41) is 10.4. The van der Waals surface area contributed by atoms with Crippen LogP contribution in [-0.4, -0.2) is 40.7 Å². The van der Waals surface area contributed by atoms with E-state index in [1.165, 1.54) is 55.9 Å². The zero-order valence-corrected chi connectivity index (χ0v) is 19.0. The first kappa shape index (κ1) is 28.9. The quantitative estimate of drug-likeness (QED) is 0.122. The van der Waals surface area contributed by atoms with Crippen LogP contribution in [0, 0.1) is 11.6 Å². The molecule has 35 heavy (non-hydrogen) atoms. The Morgan fingerprint density at radius 1 is 0.886 bits per heavy atom. The number of aliphatic hydroxyl groups excluding tert-OH is 1. The lowest BCUT2D eigenvalue weighted by Gasteiger charge is -2.01. The van der Waals surface area contributed by atoms with Gasteiger partial charge < -0.3 is 9.84 Å². The Morgan fingerprint density at radius 2 is 1.31 bits per heavy atom. The number of hydrazine groups is 2. The van der Waals surface area contributed by atoms with Crippen molar-refractivity contribution >= 4 is 33.4 Å². The second-order valence-electron chi connectivity index (χ2n) is 6.40. The molecule has 1 amide bonds. The van der Waals surface area contributed by atoms with E-state index in [0.29, 0.717) is 10.8 Å². The van der Waals surface area contributed by atoms with E-state index in [2.05, 4.69) is 26.4 Å². The zero-order chi connectivity index (χ0) is 26.4. The van der Waals surface area contributed by atoms with Crippen molar-refractivity contribution in [2.75, 3.05) is 13.7 Å². The summed E-state index contributed by atoms with van der Waals surface area (Å²) >= 11 is 0. The van der Waals surface area contributed by atoms with Crippen molar-refractivity contribution in [3.8, 4) is 0 Å². The fraction of sp³-hybridized carbons (Fsp3) is 0.130. The number of ether oxygens (including phenoxy) is 1. The molecule has 10 nitrogen and oxygen atoms in total. The molecule has 8 N–H and O–H groups in total. The number of esters is 1. The van der Waals surface area contributed by atoms with Crippen LogP contribution in [0.15, 0.2) is 60.9 Å². The molecule has 0 aliphatic heterocycles. The maximum absolute atomic E-state index is 12.9. The number of hydrogen-bond acceptors (Lipinski definition) is 9. The van der Waals surface area contributed by atoms with Gasteiger partial charge in [-0.1, -0.05) is 0 Å². The number of rotatable bonds is 2. The molecule has 0 saturated carbocycles. The lowest BCUT2D eigenvalue weighted by molar-refractivity contribution is 0.0594. The Hall–Kier alpha value is -4.10. The van der Waals surface area contributed by atoms with Crippen LogP contribution in [0.1, 0.15) is 27.9 Å². The summed E-state index contributed by atoms with van der Waals surface area (Å²) in [6.07, 6.45) is 3.01. The van der Waals surface area contributed by atoms with Crippen LogP contribution in [0.2, 0.25) is 0 Å². The summed E-state index contributed by atoms with van der Waals surface area (Å²) in [5.41, 5.74) is 2.30. The van der Waals surface area contributed by atoms with Gasteiger partial charge in [-0.25, -0.2) is 24.4 Å². The van der Waals surface area contributed by atoms with Crippen LogP contribution in [0.3, 0.4) is 0 Å². The van der Waals surface area contributed by atoms with Gasteiger partial charge in [0.15, 0.2) is 0 Å². The number of methoxy groups -OCH3 is 1. The summed E-state index contributed by atoms with van der Waals surface area (Å²) in [5.74, 6) is 11.2. The summed E-state index contributed by atoms with van der Waals surface area (Å²) < 4.78 is 30.3. The Morgan fingerprint density at radius 3 is 1.74 bits per heavy atom. The third-order valence-corrected chi connectivity index (χ3v) is 4.13. The van der Waals surface area contributed by atoms with Crippen molar-refractivity contribution in [3.05, 3.63) is 83.9 Å². The molecule has 0 fully saturated rings. The number of nitrogens with two attached hydrogens (primary N) is 3. The van der Waals surface area contributed by atoms with E-state index in [9.17, 15) is 18.4 Å². The SMILES string of the molecule is CCO.COC(=O)c1cc2cc(F)ccc2cn1.NN.NNC(=O)c1cc2cc(F)ccc2cn1. The van der Waals surface area contributed by atoms with Crippen LogP contribution < -0.4 is 23.0 Å². The Balaban J connectivity index is 0.000000296. The van der Waals surface area contributed by atoms with Gasteiger partial charge in [0, 0.05) is 29.8 Å². The van der Waals surface area contributed by atoms with E-state index >= 15 is 0 Å². The van der Waals surface area contributed by atoms with Crippen LogP contribution in [0.25, 0.3) is 21.5 Å². The van der Waals surface area contributed by atoms with E-state index in [4.69, 9.17) is 10.9 Å². The number of nitrogens with zero attached hydrogens (tertiary/aromatic N) is 2. The molecule has 0 radical (unpaired) electrons. The number of halogens is 2. The number of fused-ring (bicyclic) bond motifs is 2. The average Bonchev–Trinajstić information content (AvgIpc) is 2.88. The second-order valence-corrected chi connectivity index (χ2v) is 6.40. The van der Waals surface area contributed by atoms with Gasteiger partial charge in [0.05, 0.1) is 7.11 Å². The van der Waals surface area contributed by atoms with Crippen molar-refractivity contribution in [1.29, 1.82) is 0 Å². The molecule has 0 spiro atoms. The number of pyridine rings is 2. The second kappa shape index (κ2) is 14.9. The molecule has 4 rings (SSSR count). The maximum Gasteiger partial charge on any atom is 0.356 e. The highest BCUT2D eigenvalue weighted by molar-refractivity contribution is 5.96. The summed E-state index contributed by atoms with van der Waals surface area (Å²) in [7, 11) is 1.28. The number of hydrogen-bond donors (Lipinski definition) is 5. The molecule has 0 unspecified atom stereocenters. The summed E-state index contributed by atoms with van der Waals surface area (Å²) in [4.78, 5) is 30.1. The highest BCUT2D eigenvalue weighted by Gasteiger charge is 2.08. The minimum Gasteiger partial charge on any atom is -0.464 e. The van der Waals surface area contributed by atoms with E-state index in [0.717, 1.165) is 10.8 Å². The number of amides is 1. The minimum absolute atomic E-state index is 0.163. The molecule has 0 atom stereocenters. The molecule has 2 heterocycles. The fourth-order valence-electron chi connectivity index (χ4n) is 2.64. The van der Waals surface area contributed by atoms with Gasteiger partial charge in [0.25, 0.3) is 5.91 Å². The molecule has 12 heteroatoms. The lowest BCUT2D eigenvalue weighted by Crippen LogP contribution is -2.30. The molecule has 186 valence electrons. The van der Waals surface area contributed by atoms with Crippen molar-refractivity contribution in [3.63, 3.8) is 0 Å². The van der Waals surface area contributed by atoms with Gasteiger partial charge in [-0.05, 0) is 66.2 Å². The number of benzene rings is 2. The molecule has 0 aliphatic carbocycles. The monoisotopic (exact) mass is 488 g/mol. The normalized spacial score (nSPS) is 9.49. The Bertz CT molecular complexity index is 1180. The fourth-order valence-corrected chi connectivity index (χ4v) is 2.64. The van der Waals surface area contributed by atoms with Crippen molar-refractivity contribution in [2.24, 2.45) is 17.5 Å². The summed E-state index contributed by atoms with van der Waals surface area (Å²) in [6, 6.07) is 11.6. The first-order chi connectivity index (χ1) is 16.8. The molecule has 4 aromatic rings. The number of aliphatic hydroxyl groups is 1. The largest absolute Gasteiger partial charge is 0.464 e. The van der Waals surface area contributed by atoms with Gasteiger partial charge in [-0.15, -0.1) is 0 Å². The first-order valence-corrected chi connectivity index (χ1v) is 9.97. The van der Waals surface area contributed by atoms with Gasteiger partial charge >= 0.3 is 5.97 Å². The molecule has 2 aromatic carbocycles. The Labute approximate surface area is 199 Å². The highest BCUT2D eigenvalue weighted by Crippen LogP contribution is 2.16. The van der Waals surface area contributed by atoms with Gasteiger partial charge in [0.1, 0.15) is 23.0 Å². The topological polar surface area (TPSA) is 179 Å². The smallest absolute Gasteiger partial charge is 0.356 e. The molecule has 0 bridgehead atoms. The van der Waals surface area contributed by atoms with E-state index in [1.54, 1.807) is 19.1 Å². The molecule has 0 aliphatic rings. The van der Waals surface area contributed by atoms with E-state index in [1.807, 2.05) is 5.43 Å². The predicted molar refractivity (Wildman–Crippen MR) is 128 cm³/mol. The third kappa shape index (κ3) is 8.64. The van der Waals surface area contributed by atoms with Gasteiger partial charge in [-0.2, -0.15) is 0 Å². The third-order valence-electron chi connectivity index (χ3n) is 4.13. The number of carbonyl (C=O) groups excluding carboxylic acids is 2. The predicted octanol–water partition coefficient (Wildman–Crippen LogP) is 1.96. The van der Waals surface area contributed by atoms with Gasteiger partial charge in [-0.3, -0.25) is 26.9 Å². The molecule has 2 aromatic heterocycles. The highest BCUT2D eigenvalue weighted by atomic mass is 19.1. The number of aromatic nitrogens is 2. The number of nitrogens with one attached hydrogen (secondary N) is 1. The zero-order valence-electron chi connectivity index (χ0n) is 19.0. The molecular weight excluding hydrogens is 462 g/mol. The van der Waals surface area contributed by atoms with Crippen molar-refractivity contribution in [2.45, 2.75) is 6.92 Å². The van der Waals surface area contributed by atoms with Crippen LogP contribution in [0.5, 0.6) is 0 Å². The van der Waals surface area contributed by atoms with Crippen LogP contribution in [0.4, 0.5) is 8.78 Å². The van der Waals surface area contributed by atoms with Crippen molar-refractivity contribution in [1.82, 2.24) is 15.4 Å². The standard InChI is InChI=1S/C11H8FNO2.C10H8FN3O.C2H6O.H4N2/c1-15-11(14)10-5-8-4-9(12)3-2-7(8)6-13-10;11-8-2-1-6-5-13-9(10(15)14-12)4-7(6)3-8;1-2-3;1-2/h2-6H,1H3;1-5H,12H2,(H,14,15);3H,2H2,1H3;1-2H2. The number of carbonyl (C=O) groups is 2. The first-order valence-electron chi connectivity index (χ1n) is 9.97. The average molecular weight is 488 g/mol. The van der Waals surface area contributed by atoms with Crippen molar-refractivity contribution < 1.29 is 28.2 Å². The van der Waals surface area contributed by atoms with Crippen LogP contribution >= 0.6 is 0 Å². The minimum atomic E-state index is -0.527. The van der Waals surface area contributed by atoms with Crippen LogP contribution in [-0.2, 0) is 4.74 Å². The molecule has 0 saturated heterocycles. The maximum atomic E-state index is 12.9.